The Morgan fingerprint density at radius 2 is 1.60 bits per heavy atom. The van der Waals surface area contributed by atoms with E-state index in [9.17, 15) is 9.59 Å². The lowest BCUT2D eigenvalue weighted by molar-refractivity contribution is -0.111. The van der Waals surface area contributed by atoms with E-state index in [2.05, 4.69) is 0 Å². The summed E-state index contributed by atoms with van der Waals surface area (Å²) in [6.45, 7) is 0. The van der Waals surface area contributed by atoms with Gasteiger partial charge in [0.2, 0.25) is 5.24 Å². The van der Waals surface area contributed by atoms with E-state index in [1.165, 1.54) is 0 Å². The van der Waals surface area contributed by atoms with Crippen molar-refractivity contribution in [3.8, 4) is 0 Å². The fraction of sp³-hybridized carbons (Fsp3) is 0.333. The molecule has 0 unspecified atom stereocenters. The van der Waals surface area contributed by atoms with E-state index < -0.39 is 0 Å². The highest BCUT2D eigenvalue weighted by Gasteiger charge is 2.04. The van der Waals surface area contributed by atoms with Crippen LogP contribution < -0.4 is 0 Å². The fourth-order valence-corrected chi connectivity index (χ4v) is 1.45. The molecule has 15 heavy (non-hydrogen) atoms. The smallest absolute Gasteiger partial charge is 0.221 e. The Bertz CT molecular complexity index is 333. The van der Waals surface area contributed by atoms with Crippen LogP contribution in [0.1, 0.15) is 36.0 Å². The van der Waals surface area contributed by atoms with E-state index in [1.807, 2.05) is 18.2 Å². The molecule has 0 aromatic heterocycles. The average Bonchev–Trinajstić information content (AvgIpc) is 2.25. The molecule has 0 N–H and O–H groups in total. The average molecular weight is 225 g/mol. The number of carbonyl (C=O) groups is 2. The van der Waals surface area contributed by atoms with Gasteiger partial charge in [-0.25, -0.2) is 0 Å². The van der Waals surface area contributed by atoms with Crippen LogP contribution in [0.2, 0.25) is 0 Å². The van der Waals surface area contributed by atoms with Gasteiger partial charge in [-0.2, -0.15) is 0 Å². The third kappa shape index (κ3) is 4.75. The minimum absolute atomic E-state index is 0.123. The van der Waals surface area contributed by atoms with Gasteiger partial charge in [0.1, 0.15) is 0 Å². The monoisotopic (exact) mass is 224 g/mol. The van der Waals surface area contributed by atoms with Crippen molar-refractivity contribution in [2.75, 3.05) is 0 Å². The Balaban J connectivity index is 2.28. The van der Waals surface area contributed by atoms with Gasteiger partial charge in [-0.15, -0.1) is 0 Å². The summed E-state index contributed by atoms with van der Waals surface area (Å²) in [5.74, 6) is 0.123. The van der Waals surface area contributed by atoms with Crippen molar-refractivity contribution in [1.29, 1.82) is 0 Å². The van der Waals surface area contributed by atoms with Gasteiger partial charge in [0.05, 0.1) is 0 Å². The van der Waals surface area contributed by atoms with Gasteiger partial charge >= 0.3 is 0 Å². The SMILES string of the molecule is O=C(Cl)CCCCC(=O)c1ccccc1. The molecule has 0 fully saturated rings. The maximum atomic E-state index is 11.6. The highest BCUT2D eigenvalue weighted by Crippen LogP contribution is 2.08. The molecule has 0 bridgehead atoms. The quantitative estimate of drug-likeness (QED) is 0.423. The summed E-state index contributed by atoms with van der Waals surface area (Å²) in [5, 5.41) is -0.331. The van der Waals surface area contributed by atoms with Gasteiger partial charge in [0.25, 0.3) is 0 Å². The highest BCUT2D eigenvalue weighted by atomic mass is 35.5. The summed E-state index contributed by atoms with van der Waals surface area (Å²) >= 11 is 5.19. The number of hydrogen-bond donors (Lipinski definition) is 0. The van der Waals surface area contributed by atoms with Gasteiger partial charge in [0.15, 0.2) is 5.78 Å². The van der Waals surface area contributed by atoms with Crippen molar-refractivity contribution >= 4 is 22.6 Å². The van der Waals surface area contributed by atoms with Crippen LogP contribution in [0.5, 0.6) is 0 Å². The molecule has 0 heterocycles. The number of Topliss-reactive ketones (excluding diaryl/α,β-unsaturated/α-hetero) is 1. The van der Waals surface area contributed by atoms with Crippen molar-refractivity contribution < 1.29 is 9.59 Å². The maximum Gasteiger partial charge on any atom is 0.221 e. The molecule has 1 rings (SSSR count). The largest absolute Gasteiger partial charge is 0.294 e. The number of carbonyl (C=O) groups excluding carboxylic acids is 2. The van der Waals surface area contributed by atoms with Crippen molar-refractivity contribution in [2.24, 2.45) is 0 Å². The summed E-state index contributed by atoms with van der Waals surface area (Å²) in [5.41, 5.74) is 0.731. The molecule has 0 aliphatic heterocycles. The van der Waals surface area contributed by atoms with Crippen LogP contribution in [0.25, 0.3) is 0 Å². The van der Waals surface area contributed by atoms with Crippen molar-refractivity contribution in [1.82, 2.24) is 0 Å². The Hall–Kier alpha value is -1.15. The number of hydrogen-bond acceptors (Lipinski definition) is 2. The van der Waals surface area contributed by atoms with E-state index in [0.29, 0.717) is 25.7 Å². The minimum Gasteiger partial charge on any atom is -0.294 e. The molecule has 0 spiro atoms. The molecule has 0 aliphatic carbocycles. The third-order valence-electron chi connectivity index (χ3n) is 2.12. The lowest BCUT2D eigenvalue weighted by Crippen LogP contribution is -1.98. The Labute approximate surface area is 94.2 Å². The summed E-state index contributed by atoms with van der Waals surface area (Å²) in [6.07, 6.45) is 2.23. The van der Waals surface area contributed by atoms with Gasteiger partial charge < -0.3 is 0 Å². The van der Waals surface area contributed by atoms with Gasteiger partial charge in [-0.3, -0.25) is 9.59 Å². The molecule has 0 radical (unpaired) electrons. The summed E-state index contributed by atoms with van der Waals surface area (Å²) in [6, 6.07) is 9.16. The van der Waals surface area contributed by atoms with E-state index in [4.69, 9.17) is 11.6 Å². The maximum absolute atomic E-state index is 11.6. The first-order valence-corrected chi connectivity index (χ1v) is 5.34. The van der Waals surface area contributed by atoms with Crippen molar-refractivity contribution in [2.45, 2.75) is 25.7 Å². The molecule has 0 atom stereocenters. The Morgan fingerprint density at radius 3 is 2.20 bits per heavy atom. The number of benzene rings is 1. The molecule has 0 saturated carbocycles. The first kappa shape index (κ1) is 11.9. The number of unbranched alkanes of at least 4 members (excludes halogenated alkanes) is 1. The summed E-state index contributed by atoms with van der Waals surface area (Å²) in [4.78, 5) is 22.0. The number of halogens is 1. The van der Waals surface area contributed by atoms with Crippen LogP contribution in [0.3, 0.4) is 0 Å². The topological polar surface area (TPSA) is 34.1 Å². The zero-order valence-electron chi connectivity index (χ0n) is 8.41. The zero-order chi connectivity index (χ0) is 11.1. The van der Waals surface area contributed by atoms with E-state index >= 15 is 0 Å². The Morgan fingerprint density at radius 1 is 1.00 bits per heavy atom. The molecule has 1 aromatic rings. The zero-order valence-corrected chi connectivity index (χ0v) is 9.17. The summed E-state index contributed by atoms with van der Waals surface area (Å²) in [7, 11) is 0. The second-order valence-electron chi connectivity index (χ2n) is 3.35. The van der Waals surface area contributed by atoms with Crippen molar-refractivity contribution in [3.05, 3.63) is 35.9 Å². The minimum atomic E-state index is -0.331. The normalized spacial score (nSPS) is 9.93. The number of ketones is 1. The van der Waals surface area contributed by atoms with Crippen molar-refractivity contribution in [3.63, 3.8) is 0 Å². The molecule has 0 amide bonds. The molecule has 0 saturated heterocycles. The predicted octanol–water partition coefficient (Wildman–Crippen LogP) is 3.20. The highest BCUT2D eigenvalue weighted by molar-refractivity contribution is 6.63. The molecule has 2 nitrogen and oxygen atoms in total. The van der Waals surface area contributed by atoms with Crippen LogP contribution >= 0.6 is 11.6 Å². The molecular formula is C12H13ClO2. The molecule has 3 heteroatoms. The van der Waals surface area contributed by atoms with Crippen LogP contribution in [0.15, 0.2) is 30.3 Å². The molecule has 0 aliphatic rings. The van der Waals surface area contributed by atoms with Gasteiger partial charge in [-0.1, -0.05) is 30.3 Å². The van der Waals surface area contributed by atoms with Crippen LogP contribution in [-0.2, 0) is 4.79 Å². The second-order valence-corrected chi connectivity index (χ2v) is 3.77. The van der Waals surface area contributed by atoms with Gasteiger partial charge in [-0.05, 0) is 24.4 Å². The predicted molar refractivity (Wildman–Crippen MR) is 60.1 cm³/mol. The van der Waals surface area contributed by atoms with E-state index in [1.54, 1.807) is 12.1 Å². The number of rotatable bonds is 6. The van der Waals surface area contributed by atoms with Crippen LogP contribution in [-0.4, -0.2) is 11.0 Å². The molecule has 80 valence electrons. The summed E-state index contributed by atoms with van der Waals surface area (Å²) < 4.78 is 0. The standard InChI is InChI=1S/C12H13ClO2/c13-12(15)9-5-4-8-11(14)10-6-2-1-3-7-10/h1-3,6-7H,4-5,8-9H2. The second kappa shape index (κ2) is 6.36. The lowest BCUT2D eigenvalue weighted by Gasteiger charge is -1.99. The van der Waals surface area contributed by atoms with E-state index in [-0.39, 0.29) is 11.0 Å². The van der Waals surface area contributed by atoms with Crippen LogP contribution in [0, 0.1) is 0 Å². The Kier molecular flexibility index (Phi) is 5.05. The molecular weight excluding hydrogens is 212 g/mol. The fourth-order valence-electron chi connectivity index (χ4n) is 1.32. The first-order chi connectivity index (χ1) is 7.20. The molecule has 1 aromatic carbocycles. The van der Waals surface area contributed by atoms with Gasteiger partial charge in [0, 0.05) is 18.4 Å². The van der Waals surface area contributed by atoms with E-state index in [0.717, 1.165) is 5.56 Å². The lowest BCUT2D eigenvalue weighted by atomic mass is 10.1. The third-order valence-corrected chi connectivity index (χ3v) is 2.31. The first-order valence-electron chi connectivity index (χ1n) is 4.97. The van der Waals surface area contributed by atoms with Crippen LogP contribution in [0.4, 0.5) is 0 Å².